The van der Waals surface area contributed by atoms with Crippen molar-refractivity contribution in [3.05, 3.63) is 36.5 Å². The third-order valence-corrected chi connectivity index (χ3v) is 3.48. The zero-order valence-corrected chi connectivity index (χ0v) is 11.1. The maximum Gasteiger partial charge on any atom is 0.120 e. The summed E-state index contributed by atoms with van der Waals surface area (Å²) in [6.45, 7) is 2.92. The van der Waals surface area contributed by atoms with E-state index in [1.165, 1.54) is 0 Å². The van der Waals surface area contributed by atoms with Gasteiger partial charge in [0.1, 0.15) is 5.75 Å². The predicted molar refractivity (Wildman–Crippen MR) is 76.0 cm³/mol. The van der Waals surface area contributed by atoms with Crippen LogP contribution in [0.4, 0.5) is 0 Å². The van der Waals surface area contributed by atoms with Gasteiger partial charge in [-0.15, -0.1) is 0 Å². The largest absolute Gasteiger partial charge is 0.494 e. The highest BCUT2D eigenvalue weighted by atomic mass is 16.5. The molecule has 4 nitrogen and oxygen atoms in total. The smallest absolute Gasteiger partial charge is 0.120 e. The van der Waals surface area contributed by atoms with Crippen LogP contribution < -0.4 is 15.6 Å². The molecule has 2 heterocycles. The number of benzene rings is 1. The summed E-state index contributed by atoms with van der Waals surface area (Å²) in [5.41, 5.74) is 7.52. The first-order valence-electron chi connectivity index (χ1n) is 6.80. The molecule has 1 saturated heterocycles. The van der Waals surface area contributed by atoms with E-state index in [-0.39, 0.29) is 0 Å². The van der Waals surface area contributed by atoms with Crippen molar-refractivity contribution in [2.45, 2.75) is 31.8 Å². The molecular weight excluding hydrogens is 238 g/mol. The molecule has 100 valence electrons. The van der Waals surface area contributed by atoms with Gasteiger partial charge in [-0.2, -0.15) is 0 Å². The second-order valence-electron chi connectivity index (χ2n) is 5.12. The van der Waals surface area contributed by atoms with E-state index < -0.39 is 0 Å². The maximum absolute atomic E-state index is 5.82. The maximum atomic E-state index is 5.82. The van der Waals surface area contributed by atoms with Gasteiger partial charge in [-0.25, -0.2) is 0 Å². The van der Waals surface area contributed by atoms with Crippen LogP contribution in [0.5, 0.6) is 5.75 Å². The van der Waals surface area contributed by atoms with E-state index in [2.05, 4.69) is 28.8 Å². The summed E-state index contributed by atoms with van der Waals surface area (Å²) in [6.07, 6.45) is 3.98. The molecule has 1 aliphatic rings. The molecule has 2 atom stereocenters. The molecule has 19 heavy (non-hydrogen) atoms. The molecule has 3 rings (SSSR count). The topological polar surface area (TPSA) is 46.2 Å². The average Bonchev–Trinajstić information content (AvgIpc) is 2.84. The van der Waals surface area contributed by atoms with Gasteiger partial charge in [-0.1, -0.05) is 6.07 Å². The van der Waals surface area contributed by atoms with E-state index in [0.29, 0.717) is 12.1 Å². The van der Waals surface area contributed by atoms with Gasteiger partial charge < -0.3 is 4.74 Å². The van der Waals surface area contributed by atoms with Crippen molar-refractivity contribution in [1.29, 1.82) is 0 Å². The minimum atomic E-state index is 0.511. The molecule has 1 aromatic heterocycles. The fourth-order valence-electron chi connectivity index (χ4n) is 2.46. The Balaban J connectivity index is 1.56. The number of hydrogen-bond donors (Lipinski definition) is 2. The van der Waals surface area contributed by atoms with Gasteiger partial charge in [0.15, 0.2) is 0 Å². The molecule has 0 spiro atoms. The molecule has 2 aromatic rings. The van der Waals surface area contributed by atoms with Crippen molar-refractivity contribution in [3.63, 3.8) is 0 Å². The van der Waals surface area contributed by atoms with Crippen molar-refractivity contribution in [2.75, 3.05) is 6.61 Å². The number of rotatable bonds is 4. The number of hydrogen-bond acceptors (Lipinski definition) is 4. The van der Waals surface area contributed by atoms with E-state index in [0.717, 1.165) is 36.1 Å². The Morgan fingerprint density at radius 1 is 1.32 bits per heavy atom. The van der Waals surface area contributed by atoms with Crippen molar-refractivity contribution < 1.29 is 4.74 Å². The van der Waals surface area contributed by atoms with E-state index in [4.69, 9.17) is 4.74 Å². The lowest BCUT2D eigenvalue weighted by Crippen LogP contribution is -2.33. The lowest BCUT2D eigenvalue weighted by molar-refractivity contribution is 0.290. The molecule has 0 aliphatic carbocycles. The molecule has 1 fully saturated rings. The number of nitrogens with one attached hydrogen (secondary N) is 2. The Hall–Kier alpha value is -1.65. The van der Waals surface area contributed by atoms with Gasteiger partial charge >= 0.3 is 0 Å². The van der Waals surface area contributed by atoms with Gasteiger partial charge in [0, 0.05) is 23.7 Å². The van der Waals surface area contributed by atoms with E-state index >= 15 is 0 Å². The normalized spacial score (nSPS) is 22.8. The summed E-state index contributed by atoms with van der Waals surface area (Å²) in [5, 5.41) is 1.12. The van der Waals surface area contributed by atoms with Crippen LogP contribution in [0.2, 0.25) is 0 Å². The zero-order valence-electron chi connectivity index (χ0n) is 11.1. The summed E-state index contributed by atoms with van der Waals surface area (Å²) >= 11 is 0. The first-order chi connectivity index (χ1) is 9.31. The highest BCUT2D eigenvalue weighted by Gasteiger charge is 2.19. The molecule has 0 amide bonds. The Kier molecular flexibility index (Phi) is 3.62. The summed E-state index contributed by atoms with van der Waals surface area (Å²) in [6, 6.07) is 11.1. The van der Waals surface area contributed by atoms with E-state index in [1.54, 1.807) is 0 Å². The van der Waals surface area contributed by atoms with Crippen molar-refractivity contribution in [2.24, 2.45) is 0 Å². The molecule has 0 bridgehead atoms. The van der Waals surface area contributed by atoms with Gasteiger partial charge in [0.05, 0.1) is 12.1 Å². The Morgan fingerprint density at radius 3 is 3.11 bits per heavy atom. The highest BCUT2D eigenvalue weighted by Crippen LogP contribution is 2.19. The molecule has 0 radical (unpaired) electrons. The van der Waals surface area contributed by atoms with Crippen molar-refractivity contribution in [1.82, 2.24) is 15.8 Å². The van der Waals surface area contributed by atoms with Crippen LogP contribution in [0.25, 0.3) is 10.9 Å². The van der Waals surface area contributed by atoms with Gasteiger partial charge in [-0.3, -0.25) is 15.8 Å². The summed E-state index contributed by atoms with van der Waals surface area (Å²) < 4.78 is 5.82. The van der Waals surface area contributed by atoms with Crippen molar-refractivity contribution in [3.8, 4) is 5.75 Å². The quantitative estimate of drug-likeness (QED) is 0.882. The zero-order chi connectivity index (χ0) is 13.1. The van der Waals surface area contributed by atoms with Crippen LogP contribution in [-0.2, 0) is 0 Å². The van der Waals surface area contributed by atoms with Crippen LogP contribution in [0.3, 0.4) is 0 Å². The number of aromatic nitrogens is 1. The highest BCUT2D eigenvalue weighted by molar-refractivity contribution is 5.79. The first kappa shape index (κ1) is 12.4. The average molecular weight is 257 g/mol. The van der Waals surface area contributed by atoms with Gasteiger partial charge in [0.2, 0.25) is 0 Å². The van der Waals surface area contributed by atoms with Gasteiger partial charge in [-0.05, 0) is 44.0 Å². The fourth-order valence-corrected chi connectivity index (χ4v) is 2.46. The number of ether oxygens (including phenoxy) is 1. The lowest BCUT2D eigenvalue weighted by atomic mass is 10.1. The van der Waals surface area contributed by atoms with Gasteiger partial charge in [0.25, 0.3) is 0 Å². The molecular formula is C15H19N3O. The second kappa shape index (κ2) is 5.55. The standard InChI is InChI=1S/C15H19N3O/c1-11-9-13(18-17-11)6-8-19-14-4-5-15-12(10-14)3-2-7-16-15/h2-5,7,10-11,13,17-18H,6,8-9H2,1H3. The molecule has 2 N–H and O–H groups in total. The van der Waals surface area contributed by atoms with Crippen molar-refractivity contribution >= 4 is 10.9 Å². The monoisotopic (exact) mass is 257 g/mol. The minimum absolute atomic E-state index is 0.511. The number of hydrazine groups is 1. The Labute approximate surface area is 113 Å². The molecule has 4 heteroatoms. The number of nitrogens with zero attached hydrogens (tertiary/aromatic N) is 1. The summed E-state index contributed by atoms with van der Waals surface area (Å²) in [5.74, 6) is 0.916. The second-order valence-corrected chi connectivity index (χ2v) is 5.12. The predicted octanol–water partition coefficient (Wildman–Crippen LogP) is 2.26. The van der Waals surface area contributed by atoms with E-state index in [9.17, 15) is 0 Å². The van der Waals surface area contributed by atoms with Crippen LogP contribution >= 0.6 is 0 Å². The fraction of sp³-hybridized carbons (Fsp3) is 0.400. The van der Waals surface area contributed by atoms with Crippen LogP contribution in [-0.4, -0.2) is 23.7 Å². The number of fused-ring (bicyclic) bond motifs is 1. The Bertz CT molecular complexity index is 558. The first-order valence-corrected chi connectivity index (χ1v) is 6.80. The minimum Gasteiger partial charge on any atom is -0.494 e. The van der Waals surface area contributed by atoms with Crippen LogP contribution in [0.1, 0.15) is 19.8 Å². The third kappa shape index (κ3) is 3.03. The third-order valence-electron chi connectivity index (χ3n) is 3.48. The molecule has 1 aliphatic heterocycles. The van der Waals surface area contributed by atoms with Crippen LogP contribution in [0, 0.1) is 0 Å². The molecule has 0 saturated carbocycles. The SMILES string of the molecule is CC1CC(CCOc2ccc3ncccc3c2)NN1. The molecule has 2 unspecified atom stereocenters. The lowest BCUT2D eigenvalue weighted by Gasteiger charge is -2.11. The Morgan fingerprint density at radius 2 is 2.26 bits per heavy atom. The molecule has 1 aromatic carbocycles. The number of pyridine rings is 1. The van der Waals surface area contributed by atoms with E-state index in [1.807, 2.05) is 30.5 Å². The summed E-state index contributed by atoms with van der Waals surface area (Å²) in [4.78, 5) is 4.30. The van der Waals surface area contributed by atoms with Crippen LogP contribution in [0.15, 0.2) is 36.5 Å². The summed E-state index contributed by atoms with van der Waals surface area (Å²) in [7, 11) is 0.